The molecule has 1 aromatic heterocycles. The molecule has 0 saturated heterocycles. The number of hydrogen-bond acceptors (Lipinski definition) is 4. The highest BCUT2D eigenvalue weighted by Gasteiger charge is 2.21. The van der Waals surface area contributed by atoms with E-state index in [4.69, 9.17) is 0 Å². The Hall–Kier alpha value is -2.85. The van der Waals surface area contributed by atoms with Crippen molar-refractivity contribution in [2.24, 2.45) is 0 Å². The maximum Gasteiger partial charge on any atom is 0.262 e. The summed E-state index contributed by atoms with van der Waals surface area (Å²) >= 11 is 1.07. The Morgan fingerprint density at radius 1 is 0.926 bits per heavy atom. The molecular weight excluding hydrogens is 401 g/mol. The van der Waals surface area contributed by atoms with E-state index in [1.165, 1.54) is 22.9 Å². The van der Waals surface area contributed by atoms with Gasteiger partial charge < -0.3 is 5.32 Å². The fourth-order valence-corrected chi connectivity index (χ4v) is 4.05. The van der Waals surface area contributed by atoms with Crippen molar-refractivity contribution < 1.29 is 26.4 Å². The molecule has 27 heavy (non-hydrogen) atoms. The fraction of sp³-hybridized carbons (Fsp3) is 0. The molecule has 2 N–H and O–H groups in total. The number of nitrogens with one attached hydrogen (secondary N) is 2. The van der Waals surface area contributed by atoms with Gasteiger partial charge in [0.1, 0.15) is 5.82 Å². The first-order chi connectivity index (χ1) is 12.8. The summed E-state index contributed by atoms with van der Waals surface area (Å²) in [5, 5.41) is 5.32. The van der Waals surface area contributed by atoms with E-state index >= 15 is 0 Å². The van der Waals surface area contributed by atoms with Crippen LogP contribution >= 0.6 is 11.3 Å². The van der Waals surface area contributed by atoms with Crippen LogP contribution in [0.15, 0.2) is 58.1 Å². The van der Waals surface area contributed by atoms with E-state index in [0.29, 0.717) is 17.8 Å². The van der Waals surface area contributed by atoms with E-state index < -0.39 is 38.3 Å². The van der Waals surface area contributed by atoms with Crippen LogP contribution in [0.5, 0.6) is 0 Å². The lowest BCUT2D eigenvalue weighted by atomic mass is 10.2. The summed E-state index contributed by atoms with van der Waals surface area (Å²) < 4.78 is 66.1. The lowest BCUT2D eigenvalue weighted by Gasteiger charge is -2.10. The second-order valence-corrected chi connectivity index (χ2v) is 7.77. The van der Waals surface area contributed by atoms with Crippen LogP contribution in [0.25, 0.3) is 0 Å². The van der Waals surface area contributed by atoms with Crippen LogP contribution in [0.3, 0.4) is 0 Å². The predicted molar refractivity (Wildman–Crippen MR) is 95.8 cm³/mol. The maximum atomic E-state index is 13.3. The fourth-order valence-electron chi connectivity index (χ4n) is 2.13. The molecule has 2 aromatic carbocycles. The molecule has 0 aliphatic carbocycles. The summed E-state index contributed by atoms with van der Waals surface area (Å²) in [5.41, 5.74) is 0.321. The smallest absolute Gasteiger partial charge is 0.262 e. The SMILES string of the molecule is O=C(Nc1ccc(F)cc1)c1cscc1NS(=O)(=O)c1ccc(F)c(F)c1. The van der Waals surface area contributed by atoms with E-state index in [1.807, 2.05) is 0 Å². The summed E-state index contributed by atoms with van der Waals surface area (Å²) in [6.45, 7) is 0. The zero-order valence-electron chi connectivity index (χ0n) is 13.4. The third-order valence-corrected chi connectivity index (χ3v) is 5.56. The number of carbonyl (C=O) groups is 1. The first-order valence-electron chi connectivity index (χ1n) is 7.37. The summed E-state index contributed by atoms with van der Waals surface area (Å²) in [6, 6.07) is 7.18. The van der Waals surface area contributed by atoms with Gasteiger partial charge in [-0.2, -0.15) is 0 Å². The molecule has 0 fully saturated rings. The van der Waals surface area contributed by atoms with Crippen molar-refractivity contribution >= 4 is 38.6 Å². The molecule has 5 nitrogen and oxygen atoms in total. The Bertz CT molecular complexity index is 1100. The van der Waals surface area contributed by atoms with Crippen molar-refractivity contribution in [1.29, 1.82) is 0 Å². The maximum absolute atomic E-state index is 13.3. The van der Waals surface area contributed by atoms with Gasteiger partial charge in [0.15, 0.2) is 11.6 Å². The largest absolute Gasteiger partial charge is 0.322 e. The van der Waals surface area contributed by atoms with E-state index in [9.17, 15) is 26.4 Å². The van der Waals surface area contributed by atoms with Crippen LogP contribution in [-0.4, -0.2) is 14.3 Å². The number of halogens is 3. The molecule has 1 amide bonds. The lowest BCUT2D eigenvalue weighted by molar-refractivity contribution is 0.102. The van der Waals surface area contributed by atoms with Gasteiger partial charge in [0.05, 0.1) is 16.1 Å². The van der Waals surface area contributed by atoms with Crippen LogP contribution in [0.4, 0.5) is 24.5 Å². The topological polar surface area (TPSA) is 75.3 Å². The van der Waals surface area contributed by atoms with Gasteiger partial charge in [0.2, 0.25) is 0 Å². The molecule has 0 bridgehead atoms. The second kappa shape index (κ2) is 7.41. The normalized spacial score (nSPS) is 11.2. The first kappa shape index (κ1) is 18.9. The molecule has 0 aliphatic heterocycles. The highest BCUT2D eigenvalue weighted by molar-refractivity contribution is 7.92. The number of sulfonamides is 1. The number of carbonyl (C=O) groups excluding carboxylic acids is 1. The van der Waals surface area contributed by atoms with Crippen molar-refractivity contribution in [2.75, 3.05) is 10.0 Å². The Balaban J connectivity index is 1.82. The van der Waals surface area contributed by atoms with Gasteiger partial charge in [-0.25, -0.2) is 21.6 Å². The van der Waals surface area contributed by atoms with Gasteiger partial charge in [-0.15, -0.1) is 11.3 Å². The molecule has 0 saturated carbocycles. The molecule has 0 aliphatic rings. The summed E-state index contributed by atoms with van der Waals surface area (Å²) in [7, 11) is -4.24. The molecule has 3 rings (SSSR count). The van der Waals surface area contributed by atoms with E-state index in [2.05, 4.69) is 10.0 Å². The molecule has 0 unspecified atom stereocenters. The summed E-state index contributed by atoms with van der Waals surface area (Å²) in [5.74, 6) is -3.57. The molecule has 0 atom stereocenters. The van der Waals surface area contributed by atoms with Crippen molar-refractivity contribution in [3.63, 3.8) is 0 Å². The molecule has 140 valence electrons. The predicted octanol–water partition coefficient (Wildman–Crippen LogP) is 4.22. The molecule has 3 aromatic rings. The van der Waals surface area contributed by atoms with Crippen LogP contribution in [0.2, 0.25) is 0 Å². The molecule has 10 heteroatoms. The van der Waals surface area contributed by atoms with Gasteiger partial charge >= 0.3 is 0 Å². The minimum absolute atomic E-state index is 0.0236. The van der Waals surface area contributed by atoms with Crippen molar-refractivity contribution in [1.82, 2.24) is 0 Å². The Labute approximate surface area is 156 Å². The van der Waals surface area contributed by atoms with Gasteiger partial charge in [-0.05, 0) is 42.5 Å². The van der Waals surface area contributed by atoms with Crippen LogP contribution in [-0.2, 0) is 10.0 Å². The number of rotatable bonds is 5. The lowest BCUT2D eigenvalue weighted by Crippen LogP contribution is -2.17. The van der Waals surface area contributed by atoms with Gasteiger partial charge in [0.25, 0.3) is 15.9 Å². The molecule has 0 spiro atoms. The summed E-state index contributed by atoms with van der Waals surface area (Å²) in [4.78, 5) is 11.9. The Morgan fingerprint density at radius 3 is 2.30 bits per heavy atom. The third-order valence-electron chi connectivity index (χ3n) is 3.45. The highest BCUT2D eigenvalue weighted by atomic mass is 32.2. The number of thiophene rings is 1. The zero-order valence-corrected chi connectivity index (χ0v) is 15.0. The summed E-state index contributed by atoms with van der Waals surface area (Å²) in [6.07, 6.45) is 0. The molecule has 1 heterocycles. The third kappa shape index (κ3) is 4.29. The number of hydrogen-bond donors (Lipinski definition) is 2. The average Bonchev–Trinajstić information content (AvgIpc) is 3.06. The number of anilines is 2. The van der Waals surface area contributed by atoms with Crippen LogP contribution in [0.1, 0.15) is 10.4 Å². The van der Waals surface area contributed by atoms with Gasteiger partial charge in [0, 0.05) is 16.4 Å². The van der Waals surface area contributed by atoms with Crippen LogP contribution in [0, 0.1) is 17.5 Å². The van der Waals surface area contributed by atoms with E-state index in [0.717, 1.165) is 29.5 Å². The minimum atomic E-state index is -4.24. The monoisotopic (exact) mass is 412 g/mol. The standard InChI is InChI=1S/C17H11F3N2O3S2/c18-10-1-3-11(4-2-10)21-17(23)13-8-26-9-16(13)22-27(24,25)12-5-6-14(19)15(20)7-12/h1-9,22H,(H,21,23). The van der Waals surface area contributed by atoms with Gasteiger partial charge in [-0.1, -0.05) is 0 Å². The zero-order chi connectivity index (χ0) is 19.6. The highest BCUT2D eigenvalue weighted by Crippen LogP contribution is 2.26. The van der Waals surface area contributed by atoms with Crippen molar-refractivity contribution in [2.45, 2.75) is 4.90 Å². The second-order valence-electron chi connectivity index (χ2n) is 5.34. The van der Waals surface area contributed by atoms with E-state index in [1.54, 1.807) is 0 Å². The van der Waals surface area contributed by atoms with Crippen LogP contribution < -0.4 is 10.0 Å². The van der Waals surface area contributed by atoms with E-state index in [-0.39, 0.29) is 11.3 Å². The number of benzene rings is 2. The minimum Gasteiger partial charge on any atom is -0.322 e. The van der Waals surface area contributed by atoms with Crippen molar-refractivity contribution in [3.05, 3.63) is 76.2 Å². The molecule has 0 radical (unpaired) electrons. The molecular formula is C17H11F3N2O3S2. The Morgan fingerprint density at radius 2 is 1.63 bits per heavy atom. The Kier molecular flexibility index (Phi) is 5.19. The van der Waals surface area contributed by atoms with Crippen molar-refractivity contribution in [3.8, 4) is 0 Å². The average molecular weight is 412 g/mol. The quantitative estimate of drug-likeness (QED) is 0.659. The first-order valence-corrected chi connectivity index (χ1v) is 9.80. The number of amides is 1. The van der Waals surface area contributed by atoms with Gasteiger partial charge in [-0.3, -0.25) is 9.52 Å².